The van der Waals surface area contributed by atoms with Crippen molar-refractivity contribution in [2.24, 2.45) is 10.9 Å². The topological polar surface area (TPSA) is 40.5 Å². The Morgan fingerprint density at radius 2 is 2.45 bits per heavy atom. The maximum atomic E-state index is 4.77. The zero-order valence-corrected chi connectivity index (χ0v) is 13.7. The largest absolute Gasteiger partial charge is 0.357 e. The highest BCUT2D eigenvalue weighted by Crippen LogP contribution is 2.16. The number of hydrogen-bond acceptors (Lipinski definition) is 3. The molecule has 1 saturated heterocycles. The van der Waals surface area contributed by atoms with Crippen LogP contribution in [0.5, 0.6) is 0 Å². The van der Waals surface area contributed by atoms with Gasteiger partial charge in [0, 0.05) is 43.7 Å². The molecule has 112 valence electrons. The van der Waals surface area contributed by atoms with Gasteiger partial charge in [0.25, 0.3) is 0 Å². The lowest BCUT2D eigenvalue weighted by atomic mass is 10.0. The summed E-state index contributed by atoms with van der Waals surface area (Å²) in [7, 11) is 0. The summed E-state index contributed by atoms with van der Waals surface area (Å²) < 4.78 is 0. The number of likely N-dealkylation sites (tertiary alicyclic amines) is 1. The first-order valence-electron chi connectivity index (χ1n) is 7.63. The maximum absolute atomic E-state index is 4.77. The van der Waals surface area contributed by atoms with Crippen LogP contribution in [-0.2, 0) is 6.42 Å². The van der Waals surface area contributed by atoms with Gasteiger partial charge in [-0.1, -0.05) is 6.92 Å². The SMILES string of the molecule is CCNC(=NCCc1ncc(C)s1)N1CCCC(C)C1. The number of rotatable bonds is 4. The quantitative estimate of drug-likeness (QED) is 0.685. The molecule has 0 saturated carbocycles. The van der Waals surface area contributed by atoms with E-state index in [1.54, 1.807) is 11.3 Å². The van der Waals surface area contributed by atoms with Crippen molar-refractivity contribution < 1.29 is 0 Å². The number of aliphatic imine (C=N–C) groups is 1. The number of thiazole rings is 1. The summed E-state index contributed by atoms with van der Waals surface area (Å²) >= 11 is 1.77. The highest BCUT2D eigenvalue weighted by Gasteiger charge is 2.18. The number of aryl methyl sites for hydroxylation is 1. The molecule has 1 aromatic rings. The standard InChI is InChI=1S/C15H26N4S/c1-4-16-15(19-9-5-6-12(2)11-19)17-8-7-14-18-10-13(3)20-14/h10,12H,4-9,11H2,1-3H3,(H,16,17). The van der Waals surface area contributed by atoms with Crippen LogP contribution in [0.15, 0.2) is 11.2 Å². The summed E-state index contributed by atoms with van der Waals surface area (Å²) in [5.74, 6) is 1.85. The third-order valence-electron chi connectivity index (χ3n) is 3.55. The van der Waals surface area contributed by atoms with Crippen molar-refractivity contribution in [3.8, 4) is 0 Å². The first kappa shape index (κ1) is 15.3. The lowest BCUT2D eigenvalue weighted by Gasteiger charge is -2.33. The van der Waals surface area contributed by atoms with Gasteiger partial charge >= 0.3 is 0 Å². The van der Waals surface area contributed by atoms with Crippen LogP contribution in [0.1, 0.15) is 36.6 Å². The summed E-state index contributed by atoms with van der Waals surface area (Å²) in [6.45, 7) is 10.6. The molecule has 0 bridgehead atoms. The van der Waals surface area contributed by atoms with E-state index in [0.717, 1.165) is 44.5 Å². The van der Waals surface area contributed by atoms with Crippen LogP contribution in [-0.4, -0.2) is 42.0 Å². The van der Waals surface area contributed by atoms with Crippen molar-refractivity contribution in [3.63, 3.8) is 0 Å². The van der Waals surface area contributed by atoms with E-state index in [1.165, 1.54) is 22.7 Å². The molecular formula is C15H26N4S. The Bertz CT molecular complexity index is 441. The number of piperidine rings is 1. The van der Waals surface area contributed by atoms with Gasteiger partial charge in [-0.25, -0.2) is 4.98 Å². The fraction of sp³-hybridized carbons (Fsp3) is 0.733. The van der Waals surface area contributed by atoms with Crippen molar-refractivity contribution in [1.29, 1.82) is 0 Å². The summed E-state index contributed by atoms with van der Waals surface area (Å²) in [4.78, 5) is 12.9. The van der Waals surface area contributed by atoms with Gasteiger partial charge in [-0.2, -0.15) is 0 Å². The molecule has 1 N–H and O–H groups in total. The number of nitrogens with one attached hydrogen (secondary N) is 1. The van der Waals surface area contributed by atoms with E-state index < -0.39 is 0 Å². The second-order valence-electron chi connectivity index (χ2n) is 5.54. The Labute approximate surface area is 126 Å². The lowest BCUT2D eigenvalue weighted by molar-refractivity contribution is 0.266. The molecule has 4 nitrogen and oxygen atoms in total. The average Bonchev–Trinajstić information content (AvgIpc) is 2.83. The molecule has 0 amide bonds. The van der Waals surface area contributed by atoms with Gasteiger partial charge < -0.3 is 10.2 Å². The predicted octanol–water partition coefficient (Wildman–Crippen LogP) is 2.69. The molecule has 2 rings (SSSR count). The van der Waals surface area contributed by atoms with Gasteiger partial charge in [0.2, 0.25) is 0 Å². The number of guanidine groups is 1. The fourth-order valence-corrected chi connectivity index (χ4v) is 3.36. The van der Waals surface area contributed by atoms with Gasteiger partial charge in [-0.05, 0) is 32.6 Å². The van der Waals surface area contributed by atoms with Crippen LogP contribution in [0.25, 0.3) is 0 Å². The third kappa shape index (κ3) is 4.47. The van der Waals surface area contributed by atoms with Crippen molar-refractivity contribution in [2.75, 3.05) is 26.2 Å². The maximum Gasteiger partial charge on any atom is 0.193 e. The van der Waals surface area contributed by atoms with Gasteiger partial charge in [-0.3, -0.25) is 4.99 Å². The molecule has 0 aromatic carbocycles. The highest BCUT2D eigenvalue weighted by molar-refractivity contribution is 7.11. The lowest BCUT2D eigenvalue weighted by Crippen LogP contribution is -2.46. The van der Waals surface area contributed by atoms with Crippen LogP contribution in [0.2, 0.25) is 0 Å². The Kier molecular flexibility index (Phi) is 5.83. The molecule has 5 heteroatoms. The zero-order chi connectivity index (χ0) is 14.4. The molecule has 1 aliphatic heterocycles. The minimum atomic E-state index is 0.772. The number of hydrogen-bond donors (Lipinski definition) is 1. The molecule has 2 heterocycles. The minimum absolute atomic E-state index is 0.772. The molecule has 1 atom stereocenters. The number of nitrogens with zero attached hydrogens (tertiary/aromatic N) is 3. The molecule has 0 radical (unpaired) electrons. The van der Waals surface area contributed by atoms with Gasteiger partial charge in [0.05, 0.1) is 5.01 Å². The van der Waals surface area contributed by atoms with Crippen LogP contribution >= 0.6 is 11.3 Å². The smallest absolute Gasteiger partial charge is 0.193 e. The molecule has 1 fully saturated rings. The summed E-state index contributed by atoms with van der Waals surface area (Å²) in [5, 5.41) is 4.61. The Morgan fingerprint density at radius 1 is 1.60 bits per heavy atom. The molecular weight excluding hydrogens is 268 g/mol. The molecule has 20 heavy (non-hydrogen) atoms. The summed E-state index contributed by atoms with van der Waals surface area (Å²) in [6.07, 6.45) is 5.50. The van der Waals surface area contributed by atoms with E-state index in [9.17, 15) is 0 Å². The van der Waals surface area contributed by atoms with Crippen LogP contribution in [0.4, 0.5) is 0 Å². The van der Waals surface area contributed by atoms with E-state index in [-0.39, 0.29) is 0 Å². The normalized spacial score (nSPS) is 20.2. The van der Waals surface area contributed by atoms with Crippen LogP contribution in [0, 0.1) is 12.8 Å². The minimum Gasteiger partial charge on any atom is -0.357 e. The van der Waals surface area contributed by atoms with Crippen LogP contribution < -0.4 is 5.32 Å². The van der Waals surface area contributed by atoms with Crippen LogP contribution in [0.3, 0.4) is 0 Å². The van der Waals surface area contributed by atoms with E-state index in [0.29, 0.717) is 0 Å². The number of aromatic nitrogens is 1. The van der Waals surface area contributed by atoms with Crippen molar-refractivity contribution >= 4 is 17.3 Å². The average molecular weight is 294 g/mol. The first-order chi connectivity index (χ1) is 9.69. The van der Waals surface area contributed by atoms with Gasteiger partial charge in [-0.15, -0.1) is 11.3 Å². The van der Waals surface area contributed by atoms with E-state index in [4.69, 9.17) is 4.99 Å². The molecule has 1 aromatic heterocycles. The third-order valence-corrected chi connectivity index (χ3v) is 4.52. The van der Waals surface area contributed by atoms with Gasteiger partial charge in [0.1, 0.15) is 0 Å². The Hall–Kier alpha value is -1.10. The Morgan fingerprint density at radius 3 is 3.10 bits per heavy atom. The van der Waals surface area contributed by atoms with Crippen molar-refractivity contribution in [1.82, 2.24) is 15.2 Å². The predicted molar refractivity (Wildman–Crippen MR) is 86.5 cm³/mol. The molecule has 1 unspecified atom stereocenters. The summed E-state index contributed by atoms with van der Waals surface area (Å²) in [6, 6.07) is 0. The first-order valence-corrected chi connectivity index (χ1v) is 8.45. The van der Waals surface area contributed by atoms with Crippen molar-refractivity contribution in [3.05, 3.63) is 16.1 Å². The summed E-state index contributed by atoms with van der Waals surface area (Å²) in [5.41, 5.74) is 0. The monoisotopic (exact) mass is 294 g/mol. The second kappa shape index (κ2) is 7.62. The second-order valence-corrected chi connectivity index (χ2v) is 6.86. The highest BCUT2D eigenvalue weighted by atomic mass is 32.1. The zero-order valence-electron chi connectivity index (χ0n) is 12.9. The van der Waals surface area contributed by atoms with E-state index in [2.05, 4.69) is 36.0 Å². The fourth-order valence-electron chi connectivity index (χ4n) is 2.58. The van der Waals surface area contributed by atoms with Gasteiger partial charge in [0.15, 0.2) is 5.96 Å². The van der Waals surface area contributed by atoms with E-state index in [1.807, 2.05) is 6.20 Å². The molecule has 0 aliphatic carbocycles. The Balaban J connectivity index is 1.91. The molecule has 0 spiro atoms. The van der Waals surface area contributed by atoms with E-state index >= 15 is 0 Å². The van der Waals surface area contributed by atoms with Crippen molar-refractivity contribution in [2.45, 2.75) is 40.0 Å². The molecule has 1 aliphatic rings.